The van der Waals surface area contributed by atoms with Gasteiger partial charge in [0, 0.05) is 32.4 Å². The van der Waals surface area contributed by atoms with E-state index in [0.29, 0.717) is 45.5 Å². The van der Waals surface area contributed by atoms with Gasteiger partial charge in [-0.1, -0.05) is 6.07 Å². The van der Waals surface area contributed by atoms with Crippen LogP contribution < -0.4 is 5.32 Å². The lowest BCUT2D eigenvalue weighted by molar-refractivity contribution is -0.146. The van der Waals surface area contributed by atoms with Crippen LogP contribution >= 0.6 is 0 Å². The molecule has 1 aromatic carbocycles. The number of alkyl halides is 3. The summed E-state index contributed by atoms with van der Waals surface area (Å²) in [4.78, 5) is 29.2. The van der Waals surface area contributed by atoms with Crippen molar-refractivity contribution in [1.82, 2.24) is 9.80 Å². The Labute approximate surface area is 161 Å². The summed E-state index contributed by atoms with van der Waals surface area (Å²) in [7, 11) is 1.56. The van der Waals surface area contributed by atoms with Gasteiger partial charge < -0.3 is 19.9 Å². The molecule has 0 saturated carbocycles. The molecule has 2 heterocycles. The van der Waals surface area contributed by atoms with Crippen molar-refractivity contribution in [2.24, 2.45) is 0 Å². The zero-order valence-electron chi connectivity index (χ0n) is 15.7. The lowest BCUT2D eigenvalue weighted by atomic mass is 9.85. The van der Waals surface area contributed by atoms with E-state index in [-0.39, 0.29) is 11.6 Å². The summed E-state index contributed by atoms with van der Waals surface area (Å²) >= 11 is 0. The summed E-state index contributed by atoms with van der Waals surface area (Å²) in [6, 6.07) is 3.96. The van der Waals surface area contributed by atoms with E-state index in [1.54, 1.807) is 12.0 Å². The highest BCUT2D eigenvalue weighted by atomic mass is 19.4. The van der Waals surface area contributed by atoms with Crippen LogP contribution in [0.3, 0.4) is 0 Å². The molecule has 3 rings (SSSR count). The molecule has 0 bridgehead atoms. The van der Waals surface area contributed by atoms with Gasteiger partial charge in [-0.3, -0.25) is 4.79 Å². The first kappa shape index (κ1) is 20.4. The second kappa shape index (κ2) is 7.98. The maximum Gasteiger partial charge on any atom is 0.416 e. The van der Waals surface area contributed by atoms with E-state index >= 15 is 0 Å². The van der Waals surface area contributed by atoms with E-state index in [0.717, 1.165) is 18.6 Å². The minimum atomic E-state index is -4.49. The van der Waals surface area contributed by atoms with E-state index in [2.05, 4.69) is 5.32 Å². The van der Waals surface area contributed by atoms with Gasteiger partial charge in [0.2, 0.25) is 5.91 Å². The van der Waals surface area contributed by atoms with Crippen LogP contribution in [-0.2, 0) is 15.7 Å². The molecule has 1 aromatic rings. The number of nitrogens with one attached hydrogen (secondary N) is 1. The molecule has 2 aliphatic rings. The maximum atomic E-state index is 13.1. The number of amides is 3. The van der Waals surface area contributed by atoms with Crippen molar-refractivity contribution in [2.75, 3.05) is 38.7 Å². The third-order valence-electron chi connectivity index (χ3n) is 5.44. The van der Waals surface area contributed by atoms with Gasteiger partial charge in [-0.15, -0.1) is 0 Å². The van der Waals surface area contributed by atoms with Crippen molar-refractivity contribution in [1.29, 1.82) is 0 Å². The van der Waals surface area contributed by atoms with Crippen molar-refractivity contribution in [2.45, 2.75) is 37.4 Å². The first-order valence-corrected chi connectivity index (χ1v) is 9.32. The standard InChI is InChI=1S/C19H24F3N3O3/c1-28-12-11-24-9-3-7-18(16(24)26)8-4-10-25(18)17(27)23-15-6-2-5-14(13-15)19(20,21)22/h2,5-6,13H,3-4,7-12H2,1H3,(H,23,27). The predicted molar refractivity (Wildman–Crippen MR) is 96.8 cm³/mol. The third-order valence-corrected chi connectivity index (χ3v) is 5.44. The number of hydrogen-bond acceptors (Lipinski definition) is 3. The molecule has 9 heteroatoms. The molecule has 1 N–H and O–H groups in total. The van der Waals surface area contributed by atoms with Crippen molar-refractivity contribution in [3.63, 3.8) is 0 Å². The molecule has 3 amide bonds. The second-order valence-electron chi connectivity index (χ2n) is 7.18. The first-order chi connectivity index (χ1) is 13.3. The van der Waals surface area contributed by atoms with E-state index in [1.807, 2.05) is 0 Å². The number of piperidine rings is 1. The number of methoxy groups -OCH3 is 1. The Morgan fingerprint density at radius 3 is 2.64 bits per heavy atom. The highest BCUT2D eigenvalue weighted by Gasteiger charge is 2.52. The smallest absolute Gasteiger partial charge is 0.383 e. The number of halogens is 3. The molecule has 0 aliphatic carbocycles. The van der Waals surface area contributed by atoms with Crippen LogP contribution in [0.15, 0.2) is 24.3 Å². The van der Waals surface area contributed by atoms with E-state index < -0.39 is 23.3 Å². The number of anilines is 1. The van der Waals surface area contributed by atoms with E-state index in [4.69, 9.17) is 4.74 Å². The van der Waals surface area contributed by atoms with Crippen LogP contribution in [0.4, 0.5) is 23.7 Å². The number of likely N-dealkylation sites (tertiary alicyclic amines) is 2. The van der Waals surface area contributed by atoms with Gasteiger partial charge in [-0.25, -0.2) is 4.79 Å². The summed E-state index contributed by atoms with van der Waals surface area (Å²) in [5.41, 5.74) is -1.69. The number of carbonyl (C=O) groups excluding carboxylic acids is 2. The fourth-order valence-electron chi connectivity index (χ4n) is 4.10. The number of benzene rings is 1. The van der Waals surface area contributed by atoms with Gasteiger partial charge in [0.15, 0.2) is 0 Å². The van der Waals surface area contributed by atoms with Crippen molar-refractivity contribution in [3.8, 4) is 0 Å². The van der Waals surface area contributed by atoms with Gasteiger partial charge in [0.25, 0.3) is 0 Å². The Hall–Kier alpha value is -2.29. The largest absolute Gasteiger partial charge is 0.416 e. The minimum Gasteiger partial charge on any atom is -0.383 e. The summed E-state index contributed by atoms with van der Waals surface area (Å²) in [6.45, 7) is 1.89. The van der Waals surface area contributed by atoms with Crippen LogP contribution in [0.1, 0.15) is 31.2 Å². The number of rotatable bonds is 4. The molecule has 6 nitrogen and oxygen atoms in total. The van der Waals surface area contributed by atoms with Gasteiger partial charge in [0.05, 0.1) is 12.2 Å². The van der Waals surface area contributed by atoms with Crippen LogP contribution in [0.5, 0.6) is 0 Å². The first-order valence-electron chi connectivity index (χ1n) is 9.32. The van der Waals surface area contributed by atoms with Crippen LogP contribution in [0.25, 0.3) is 0 Å². The number of urea groups is 1. The normalized spacial score (nSPS) is 22.8. The quantitative estimate of drug-likeness (QED) is 0.845. The Morgan fingerprint density at radius 2 is 1.96 bits per heavy atom. The fraction of sp³-hybridized carbons (Fsp3) is 0.579. The zero-order valence-corrected chi connectivity index (χ0v) is 15.7. The average molecular weight is 399 g/mol. The highest BCUT2D eigenvalue weighted by molar-refractivity contribution is 5.97. The number of ether oxygens (including phenoxy) is 1. The minimum absolute atomic E-state index is 0.0568. The number of carbonyl (C=O) groups is 2. The van der Waals surface area contributed by atoms with Crippen molar-refractivity contribution in [3.05, 3.63) is 29.8 Å². The summed E-state index contributed by atoms with van der Waals surface area (Å²) in [5, 5.41) is 2.54. The predicted octanol–water partition coefficient (Wildman–Crippen LogP) is 3.34. The fourth-order valence-corrected chi connectivity index (χ4v) is 4.10. The Bertz CT molecular complexity index is 741. The molecular weight excluding hydrogens is 375 g/mol. The second-order valence-corrected chi connectivity index (χ2v) is 7.18. The van der Waals surface area contributed by atoms with E-state index in [9.17, 15) is 22.8 Å². The number of hydrogen-bond donors (Lipinski definition) is 1. The van der Waals surface area contributed by atoms with Gasteiger partial charge >= 0.3 is 12.2 Å². The molecule has 1 atom stereocenters. The molecule has 2 saturated heterocycles. The number of nitrogens with zero attached hydrogens (tertiary/aromatic N) is 2. The Kier molecular flexibility index (Phi) is 5.83. The molecule has 28 heavy (non-hydrogen) atoms. The molecule has 0 radical (unpaired) electrons. The summed E-state index contributed by atoms with van der Waals surface area (Å²) in [6.07, 6.45) is -1.92. The van der Waals surface area contributed by atoms with Crippen molar-refractivity contribution < 1.29 is 27.5 Å². The topological polar surface area (TPSA) is 61.9 Å². The van der Waals surface area contributed by atoms with Gasteiger partial charge in [0.1, 0.15) is 5.54 Å². The molecule has 1 spiro atoms. The Morgan fingerprint density at radius 1 is 1.25 bits per heavy atom. The highest BCUT2D eigenvalue weighted by Crippen LogP contribution is 2.39. The maximum absolute atomic E-state index is 13.1. The van der Waals surface area contributed by atoms with Crippen LogP contribution in [-0.4, -0.2) is 60.6 Å². The SMILES string of the molecule is COCCN1CCCC2(CCCN2C(=O)Nc2cccc(C(F)(F)F)c2)C1=O. The molecule has 2 aliphatic heterocycles. The average Bonchev–Trinajstić information content (AvgIpc) is 3.07. The zero-order chi connectivity index (χ0) is 20.4. The lowest BCUT2D eigenvalue weighted by Gasteiger charge is -2.44. The molecule has 2 fully saturated rings. The summed E-state index contributed by atoms with van der Waals surface area (Å²) in [5.74, 6) is -0.104. The lowest BCUT2D eigenvalue weighted by Crippen LogP contribution is -2.62. The monoisotopic (exact) mass is 399 g/mol. The molecular formula is C19H24F3N3O3. The molecule has 154 valence electrons. The van der Waals surface area contributed by atoms with Gasteiger partial charge in [-0.05, 0) is 43.9 Å². The molecule has 0 aromatic heterocycles. The molecule has 1 unspecified atom stereocenters. The van der Waals surface area contributed by atoms with Gasteiger partial charge in [-0.2, -0.15) is 13.2 Å². The summed E-state index contributed by atoms with van der Waals surface area (Å²) < 4.78 is 43.8. The van der Waals surface area contributed by atoms with Crippen LogP contribution in [0.2, 0.25) is 0 Å². The van der Waals surface area contributed by atoms with Crippen molar-refractivity contribution >= 4 is 17.6 Å². The Balaban J connectivity index is 1.77. The third kappa shape index (κ3) is 3.94. The van der Waals surface area contributed by atoms with Crippen LogP contribution in [0, 0.1) is 0 Å². The van der Waals surface area contributed by atoms with E-state index in [1.165, 1.54) is 17.0 Å².